The molecule has 0 saturated carbocycles. The van der Waals surface area contributed by atoms with E-state index in [1.165, 1.54) is 0 Å². The average Bonchev–Trinajstić information content (AvgIpc) is 3.23. The Hall–Kier alpha value is -4.38. The van der Waals surface area contributed by atoms with Gasteiger partial charge in [-0.3, -0.25) is 4.98 Å². The van der Waals surface area contributed by atoms with Crippen molar-refractivity contribution in [1.82, 2.24) is 19.9 Å². The van der Waals surface area contributed by atoms with Crippen LogP contribution in [0.5, 0.6) is 0 Å². The van der Waals surface area contributed by atoms with Gasteiger partial charge in [0.05, 0.1) is 5.56 Å². The van der Waals surface area contributed by atoms with Gasteiger partial charge in [0, 0.05) is 28.7 Å². The Labute approximate surface area is 184 Å². The van der Waals surface area contributed by atoms with Gasteiger partial charge in [-0.15, -0.1) is 0 Å². The number of aromatic nitrogens is 4. The summed E-state index contributed by atoms with van der Waals surface area (Å²) < 4.78 is 6.18. The molecule has 6 rings (SSSR count). The molecule has 152 valence electrons. The van der Waals surface area contributed by atoms with Crippen molar-refractivity contribution in [1.29, 1.82) is 0 Å². The normalized spacial score (nSPS) is 11.3. The second-order valence-corrected chi connectivity index (χ2v) is 7.63. The average molecular weight is 414 g/mol. The zero-order valence-corrected chi connectivity index (χ0v) is 17.4. The van der Waals surface area contributed by atoms with Crippen LogP contribution in [0.15, 0.2) is 95.7 Å². The standard InChI is InChI=1S/C27H18N4O/c1-17-29-26(19-13-11-18(12-14-19)20-6-5-15-28-16-20)31-27(30-17)23-9-4-8-22-21-7-2-3-10-24(21)32-25(22)23/h2-16H,1H3. The lowest BCUT2D eigenvalue weighted by atomic mass is 10.1. The zero-order valence-electron chi connectivity index (χ0n) is 17.4. The summed E-state index contributed by atoms with van der Waals surface area (Å²) in [5.74, 6) is 1.90. The summed E-state index contributed by atoms with van der Waals surface area (Å²) in [5.41, 5.74) is 5.60. The highest BCUT2D eigenvalue weighted by molar-refractivity contribution is 6.09. The van der Waals surface area contributed by atoms with Crippen LogP contribution in [0, 0.1) is 6.92 Å². The highest BCUT2D eigenvalue weighted by atomic mass is 16.3. The van der Waals surface area contributed by atoms with E-state index >= 15 is 0 Å². The molecule has 0 spiro atoms. The minimum Gasteiger partial charge on any atom is -0.455 e. The van der Waals surface area contributed by atoms with Crippen LogP contribution < -0.4 is 0 Å². The van der Waals surface area contributed by atoms with Gasteiger partial charge in [0.1, 0.15) is 17.0 Å². The Balaban J connectivity index is 1.46. The van der Waals surface area contributed by atoms with Crippen LogP contribution in [0.4, 0.5) is 0 Å². The Morgan fingerprint density at radius 1 is 0.625 bits per heavy atom. The molecule has 0 unspecified atom stereocenters. The predicted octanol–water partition coefficient (Wildman–Crippen LogP) is 6.48. The first kappa shape index (κ1) is 18.4. The van der Waals surface area contributed by atoms with Crippen molar-refractivity contribution in [2.75, 3.05) is 0 Å². The van der Waals surface area contributed by atoms with Crippen LogP contribution >= 0.6 is 0 Å². The number of hydrogen-bond acceptors (Lipinski definition) is 5. The molecule has 0 fully saturated rings. The molecule has 3 aromatic heterocycles. The molecule has 6 aromatic rings. The molecule has 0 bridgehead atoms. The third kappa shape index (κ3) is 3.11. The molecule has 32 heavy (non-hydrogen) atoms. The van der Waals surface area contributed by atoms with Gasteiger partial charge in [-0.2, -0.15) is 0 Å². The molecule has 0 radical (unpaired) electrons. The maximum Gasteiger partial charge on any atom is 0.167 e. The first-order chi connectivity index (χ1) is 15.8. The molecule has 0 N–H and O–H groups in total. The molecule has 0 aliphatic heterocycles. The van der Waals surface area contributed by atoms with Gasteiger partial charge in [-0.1, -0.05) is 60.7 Å². The third-order valence-corrected chi connectivity index (χ3v) is 5.53. The summed E-state index contributed by atoms with van der Waals surface area (Å²) in [4.78, 5) is 18.2. The van der Waals surface area contributed by atoms with Gasteiger partial charge < -0.3 is 4.42 Å². The summed E-state index contributed by atoms with van der Waals surface area (Å²) in [6.45, 7) is 1.89. The van der Waals surface area contributed by atoms with Crippen LogP contribution in [-0.4, -0.2) is 19.9 Å². The molecule has 3 aromatic carbocycles. The fourth-order valence-electron chi connectivity index (χ4n) is 4.00. The molecular weight excluding hydrogens is 396 g/mol. The Kier molecular flexibility index (Phi) is 4.25. The summed E-state index contributed by atoms with van der Waals surface area (Å²) >= 11 is 0. The molecular formula is C27H18N4O. The van der Waals surface area contributed by atoms with E-state index in [4.69, 9.17) is 9.40 Å². The van der Waals surface area contributed by atoms with Crippen LogP contribution in [0.2, 0.25) is 0 Å². The SMILES string of the molecule is Cc1nc(-c2ccc(-c3cccnc3)cc2)nc(-c2cccc3c2oc2ccccc23)n1. The summed E-state index contributed by atoms with van der Waals surface area (Å²) in [6.07, 6.45) is 3.63. The van der Waals surface area contributed by atoms with Crippen molar-refractivity contribution in [2.45, 2.75) is 6.92 Å². The molecule has 0 aliphatic carbocycles. The van der Waals surface area contributed by atoms with Crippen molar-refractivity contribution < 1.29 is 4.42 Å². The quantitative estimate of drug-likeness (QED) is 0.332. The van der Waals surface area contributed by atoms with Gasteiger partial charge in [0.15, 0.2) is 11.6 Å². The maximum atomic E-state index is 6.18. The highest BCUT2D eigenvalue weighted by Crippen LogP contribution is 2.35. The smallest absolute Gasteiger partial charge is 0.167 e. The molecule has 0 saturated heterocycles. The Morgan fingerprint density at radius 2 is 1.41 bits per heavy atom. The maximum absolute atomic E-state index is 6.18. The summed E-state index contributed by atoms with van der Waals surface area (Å²) in [7, 11) is 0. The molecule has 5 nitrogen and oxygen atoms in total. The lowest BCUT2D eigenvalue weighted by molar-refractivity contribution is 0.669. The van der Waals surface area contributed by atoms with Gasteiger partial charge in [-0.25, -0.2) is 15.0 Å². The number of furan rings is 1. The van der Waals surface area contributed by atoms with Crippen molar-refractivity contribution in [2.24, 2.45) is 0 Å². The molecule has 5 heteroatoms. The predicted molar refractivity (Wildman–Crippen MR) is 126 cm³/mol. The molecule has 0 amide bonds. The number of pyridine rings is 1. The van der Waals surface area contributed by atoms with E-state index in [0.29, 0.717) is 17.5 Å². The van der Waals surface area contributed by atoms with Gasteiger partial charge in [-0.05, 0) is 36.2 Å². The lowest BCUT2D eigenvalue weighted by Crippen LogP contribution is -1.99. The van der Waals surface area contributed by atoms with E-state index in [2.05, 4.69) is 39.2 Å². The van der Waals surface area contributed by atoms with Gasteiger partial charge in [0.25, 0.3) is 0 Å². The van der Waals surface area contributed by atoms with E-state index in [0.717, 1.165) is 44.2 Å². The second-order valence-electron chi connectivity index (χ2n) is 7.63. The molecule has 0 atom stereocenters. The first-order valence-corrected chi connectivity index (χ1v) is 10.4. The van der Waals surface area contributed by atoms with E-state index in [9.17, 15) is 0 Å². The number of fused-ring (bicyclic) bond motifs is 3. The van der Waals surface area contributed by atoms with Crippen molar-refractivity contribution in [3.63, 3.8) is 0 Å². The minimum absolute atomic E-state index is 0.605. The number of rotatable bonds is 3. The van der Waals surface area contributed by atoms with E-state index in [1.807, 2.05) is 67.7 Å². The van der Waals surface area contributed by atoms with Crippen LogP contribution in [-0.2, 0) is 0 Å². The largest absolute Gasteiger partial charge is 0.455 e. The van der Waals surface area contributed by atoms with Crippen LogP contribution in [0.3, 0.4) is 0 Å². The zero-order chi connectivity index (χ0) is 21.5. The van der Waals surface area contributed by atoms with Crippen molar-refractivity contribution in [3.8, 4) is 33.9 Å². The van der Waals surface area contributed by atoms with E-state index in [-0.39, 0.29) is 0 Å². The number of para-hydroxylation sites is 2. The number of hydrogen-bond donors (Lipinski definition) is 0. The number of aryl methyl sites for hydroxylation is 1. The summed E-state index contributed by atoms with van der Waals surface area (Å²) in [6, 6.07) is 26.3. The van der Waals surface area contributed by atoms with Crippen LogP contribution in [0.25, 0.3) is 55.8 Å². The molecule has 3 heterocycles. The highest BCUT2D eigenvalue weighted by Gasteiger charge is 2.15. The molecule has 0 aliphatic rings. The van der Waals surface area contributed by atoms with Crippen LogP contribution in [0.1, 0.15) is 5.82 Å². The van der Waals surface area contributed by atoms with Gasteiger partial charge >= 0.3 is 0 Å². The first-order valence-electron chi connectivity index (χ1n) is 10.4. The Morgan fingerprint density at radius 3 is 2.25 bits per heavy atom. The fourth-order valence-corrected chi connectivity index (χ4v) is 4.00. The number of benzene rings is 3. The lowest BCUT2D eigenvalue weighted by Gasteiger charge is -2.07. The fraction of sp³-hybridized carbons (Fsp3) is 0.0370. The summed E-state index contributed by atoms with van der Waals surface area (Å²) in [5, 5.41) is 2.14. The second kappa shape index (κ2) is 7.39. The Bertz CT molecular complexity index is 1570. The van der Waals surface area contributed by atoms with E-state index < -0.39 is 0 Å². The minimum atomic E-state index is 0.605. The topological polar surface area (TPSA) is 64.7 Å². The van der Waals surface area contributed by atoms with Gasteiger partial charge in [0.2, 0.25) is 0 Å². The third-order valence-electron chi connectivity index (χ3n) is 5.53. The monoisotopic (exact) mass is 414 g/mol. The van der Waals surface area contributed by atoms with E-state index in [1.54, 1.807) is 6.20 Å². The van der Waals surface area contributed by atoms with Crippen molar-refractivity contribution >= 4 is 21.9 Å². The number of nitrogens with zero attached hydrogens (tertiary/aromatic N) is 4. The van der Waals surface area contributed by atoms with Crippen molar-refractivity contribution in [3.05, 3.63) is 97.1 Å².